The third-order valence-corrected chi connectivity index (χ3v) is 6.27. The van der Waals surface area contributed by atoms with Gasteiger partial charge >= 0.3 is 0 Å². The SMILES string of the molecule is CNC(=O)c1cc2c(ccc1=O)-c1c(cc(OC)c(OC)c1OC)CC[C@@H]2NC(=O)C1CC1. The molecule has 1 fully saturated rings. The van der Waals surface area contributed by atoms with E-state index in [2.05, 4.69) is 10.6 Å². The van der Waals surface area contributed by atoms with Gasteiger partial charge in [0.2, 0.25) is 11.7 Å². The van der Waals surface area contributed by atoms with Gasteiger partial charge in [0.25, 0.3) is 5.91 Å². The number of benzene rings is 1. The van der Waals surface area contributed by atoms with E-state index in [1.807, 2.05) is 6.07 Å². The van der Waals surface area contributed by atoms with Crippen LogP contribution >= 0.6 is 0 Å². The molecular weight excluding hydrogens is 424 g/mol. The number of rotatable bonds is 6. The Hall–Kier alpha value is -3.55. The minimum Gasteiger partial charge on any atom is -0.493 e. The van der Waals surface area contributed by atoms with Crippen LogP contribution in [0.2, 0.25) is 0 Å². The molecule has 2 N–H and O–H groups in total. The van der Waals surface area contributed by atoms with Gasteiger partial charge in [0.05, 0.1) is 32.9 Å². The maximum absolute atomic E-state index is 12.8. The molecule has 4 rings (SSSR count). The predicted molar refractivity (Wildman–Crippen MR) is 123 cm³/mol. The third-order valence-electron chi connectivity index (χ3n) is 6.27. The van der Waals surface area contributed by atoms with Crippen LogP contribution in [0.15, 0.2) is 29.1 Å². The first-order chi connectivity index (χ1) is 15.9. The molecule has 33 heavy (non-hydrogen) atoms. The molecule has 8 nitrogen and oxygen atoms in total. The van der Waals surface area contributed by atoms with Crippen molar-refractivity contribution in [1.29, 1.82) is 0 Å². The van der Waals surface area contributed by atoms with E-state index in [9.17, 15) is 14.4 Å². The van der Waals surface area contributed by atoms with Crippen LogP contribution in [-0.2, 0) is 11.2 Å². The Kier molecular flexibility index (Phi) is 6.26. The van der Waals surface area contributed by atoms with Crippen molar-refractivity contribution in [3.63, 3.8) is 0 Å². The summed E-state index contributed by atoms with van der Waals surface area (Å²) >= 11 is 0. The van der Waals surface area contributed by atoms with E-state index in [1.165, 1.54) is 20.2 Å². The number of fused-ring (bicyclic) bond motifs is 3. The largest absolute Gasteiger partial charge is 0.493 e. The van der Waals surface area contributed by atoms with Crippen LogP contribution in [0, 0.1) is 5.92 Å². The Bertz CT molecular complexity index is 1170. The van der Waals surface area contributed by atoms with Crippen LogP contribution in [0.5, 0.6) is 17.2 Å². The highest BCUT2D eigenvalue weighted by Gasteiger charge is 2.34. The second-order valence-corrected chi connectivity index (χ2v) is 8.26. The van der Waals surface area contributed by atoms with Crippen LogP contribution in [0.1, 0.15) is 46.8 Å². The fourth-order valence-corrected chi connectivity index (χ4v) is 4.42. The number of aryl methyl sites for hydroxylation is 1. The zero-order valence-corrected chi connectivity index (χ0v) is 19.2. The lowest BCUT2D eigenvalue weighted by molar-refractivity contribution is -0.123. The number of carbonyl (C=O) groups is 2. The van der Waals surface area contributed by atoms with Gasteiger partial charge in [0, 0.05) is 18.5 Å². The molecule has 2 amide bonds. The summed E-state index contributed by atoms with van der Waals surface area (Å²) in [6.45, 7) is 0. The van der Waals surface area contributed by atoms with Gasteiger partial charge in [-0.25, -0.2) is 0 Å². The van der Waals surface area contributed by atoms with E-state index in [-0.39, 0.29) is 23.4 Å². The van der Waals surface area contributed by atoms with Crippen molar-refractivity contribution in [3.8, 4) is 28.4 Å². The van der Waals surface area contributed by atoms with Gasteiger partial charge in [-0.3, -0.25) is 14.4 Å². The van der Waals surface area contributed by atoms with Crippen molar-refractivity contribution in [1.82, 2.24) is 10.6 Å². The zero-order chi connectivity index (χ0) is 23.7. The van der Waals surface area contributed by atoms with E-state index in [4.69, 9.17) is 14.2 Å². The van der Waals surface area contributed by atoms with Crippen molar-refractivity contribution < 1.29 is 23.8 Å². The molecule has 0 heterocycles. The summed E-state index contributed by atoms with van der Waals surface area (Å²) in [7, 11) is 6.13. The topological polar surface area (TPSA) is 103 Å². The van der Waals surface area contributed by atoms with Crippen molar-refractivity contribution in [3.05, 3.63) is 51.2 Å². The Morgan fingerprint density at radius 3 is 2.30 bits per heavy atom. The molecule has 2 aliphatic rings. The molecule has 8 heteroatoms. The second kappa shape index (κ2) is 9.13. The molecule has 174 valence electrons. The van der Waals surface area contributed by atoms with Gasteiger partial charge in [-0.15, -0.1) is 0 Å². The number of hydrogen-bond donors (Lipinski definition) is 2. The normalized spacial score (nSPS) is 16.5. The van der Waals surface area contributed by atoms with E-state index < -0.39 is 11.3 Å². The smallest absolute Gasteiger partial charge is 0.255 e. The Morgan fingerprint density at radius 1 is 0.970 bits per heavy atom. The highest BCUT2D eigenvalue weighted by Crippen LogP contribution is 2.50. The molecule has 0 unspecified atom stereocenters. The first kappa shape index (κ1) is 22.6. The molecule has 2 aromatic rings. The minimum atomic E-state index is -0.477. The van der Waals surface area contributed by atoms with E-state index in [0.29, 0.717) is 41.2 Å². The standard InChI is InChI=1S/C25H28N2O6/c1-26-25(30)17-12-16-15(8-10-19(17)28)21-14(7-9-18(16)27-24(29)13-5-6-13)11-20(31-2)22(32-3)23(21)33-4/h8,10-13,18H,5-7,9H2,1-4H3,(H,26,30)(H,27,29)/t18-/m0/s1. The molecule has 2 aliphatic carbocycles. The van der Waals surface area contributed by atoms with Crippen molar-refractivity contribution >= 4 is 11.8 Å². The quantitative estimate of drug-likeness (QED) is 0.699. The number of nitrogens with one attached hydrogen (secondary N) is 2. The fourth-order valence-electron chi connectivity index (χ4n) is 4.42. The van der Waals surface area contributed by atoms with Gasteiger partial charge in [0.1, 0.15) is 0 Å². The summed E-state index contributed by atoms with van der Waals surface area (Å²) in [5, 5.41) is 5.68. The molecule has 0 saturated heterocycles. The lowest BCUT2D eigenvalue weighted by Gasteiger charge is -2.20. The summed E-state index contributed by atoms with van der Waals surface area (Å²) in [6, 6.07) is 6.20. The molecule has 1 saturated carbocycles. The fraction of sp³-hybridized carbons (Fsp3) is 0.400. The number of methoxy groups -OCH3 is 3. The maximum atomic E-state index is 12.8. The molecule has 0 bridgehead atoms. The van der Waals surface area contributed by atoms with Crippen LogP contribution in [0.25, 0.3) is 11.1 Å². The summed E-state index contributed by atoms with van der Waals surface area (Å²) in [5.41, 5.74) is 2.70. The highest BCUT2D eigenvalue weighted by molar-refractivity contribution is 5.95. The summed E-state index contributed by atoms with van der Waals surface area (Å²) in [4.78, 5) is 38.0. The zero-order valence-electron chi connectivity index (χ0n) is 19.2. The van der Waals surface area contributed by atoms with Gasteiger partial charge in [-0.05, 0) is 66.6 Å². The molecule has 0 radical (unpaired) electrons. The lowest BCUT2D eigenvalue weighted by Crippen LogP contribution is -2.30. The summed E-state index contributed by atoms with van der Waals surface area (Å²) in [5.74, 6) is 0.988. The number of ether oxygens (including phenoxy) is 3. The minimum absolute atomic E-state index is 0.00521. The number of amides is 2. The molecule has 2 aromatic carbocycles. The van der Waals surface area contributed by atoms with E-state index >= 15 is 0 Å². The van der Waals surface area contributed by atoms with Crippen LogP contribution in [0.4, 0.5) is 0 Å². The summed E-state index contributed by atoms with van der Waals surface area (Å²) < 4.78 is 16.9. The molecule has 0 spiro atoms. The Balaban J connectivity index is 2.01. The van der Waals surface area contributed by atoms with Crippen molar-refractivity contribution in [2.45, 2.75) is 31.7 Å². The van der Waals surface area contributed by atoms with E-state index in [1.54, 1.807) is 26.4 Å². The summed E-state index contributed by atoms with van der Waals surface area (Å²) in [6.07, 6.45) is 2.97. The predicted octanol–water partition coefficient (Wildman–Crippen LogP) is 2.61. The number of hydrogen-bond acceptors (Lipinski definition) is 6. The van der Waals surface area contributed by atoms with Gasteiger partial charge < -0.3 is 24.8 Å². The van der Waals surface area contributed by atoms with Gasteiger partial charge in [-0.2, -0.15) is 0 Å². The lowest BCUT2D eigenvalue weighted by atomic mass is 9.95. The first-order valence-corrected chi connectivity index (χ1v) is 11.0. The average Bonchev–Trinajstić information content (AvgIpc) is 3.68. The third kappa shape index (κ3) is 4.13. The molecule has 0 aromatic heterocycles. The average molecular weight is 453 g/mol. The van der Waals surface area contributed by atoms with Crippen LogP contribution in [-0.4, -0.2) is 40.2 Å². The van der Waals surface area contributed by atoms with Crippen molar-refractivity contribution in [2.24, 2.45) is 5.92 Å². The second-order valence-electron chi connectivity index (χ2n) is 8.26. The Labute approximate surface area is 192 Å². The van der Waals surface area contributed by atoms with E-state index in [0.717, 1.165) is 24.0 Å². The monoisotopic (exact) mass is 452 g/mol. The highest BCUT2D eigenvalue weighted by atomic mass is 16.5. The maximum Gasteiger partial charge on any atom is 0.255 e. The van der Waals surface area contributed by atoms with Crippen LogP contribution in [0.3, 0.4) is 0 Å². The van der Waals surface area contributed by atoms with Crippen LogP contribution < -0.4 is 30.3 Å². The molecular formula is C25H28N2O6. The van der Waals surface area contributed by atoms with Gasteiger partial charge in [0.15, 0.2) is 16.9 Å². The first-order valence-electron chi connectivity index (χ1n) is 11.0. The number of carbonyl (C=O) groups excluding carboxylic acids is 2. The van der Waals surface area contributed by atoms with Crippen molar-refractivity contribution in [2.75, 3.05) is 28.4 Å². The molecule has 0 aliphatic heterocycles. The van der Waals surface area contributed by atoms with Gasteiger partial charge in [-0.1, -0.05) is 0 Å². The molecule has 1 atom stereocenters. The Morgan fingerprint density at radius 2 is 1.70 bits per heavy atom.